The fraction of sp³-hybridized carbons (Fsp3) is 0. The molecule has 1 saturated heterocycles. The number of thioether (sulfide) groups is 1. The van der Waals surface area contributed by atoms with Crippen LogP contribution in [0.4, 0.5) is 0 Å². The minimum absolute atomic E-state index is 0.256. The summed E-state index contributed by atoms with van der Waals surface area (Å²) in [4.78, 5) is 13.0. The van der Waals surface area contributed by atoms with Crippen LogP contribution in [-0.2, 0) is 4.79 Å². The second-order valence-electron chi connectivity index (χ2n) is 5.26. The monoisotopic (exact) mass is 375 g/mol. The van der Waals surface area contributed by atoms with Crippen LogP contribution in [0.15, 0.2) is 70.7 Å². The number of nitriles is 1. The molecule has 0 unspecified atom stereocenters. The zero-order valence-electron chi connectivity index (χ0n) is 13.6. The van der Waals surface area contributed by atoms with Gasteiger partial charge in [0.15, 0.2) is 4.32 Å². The van der Waals surface area contributed by atoms with Crippen molar-refractivity contribution >= 4 is 52.6 Å². The number of rotatable bonds is 4. The first-order valence-corrected chi connectivity index (χ1v) is 8.94. The number of thiocarbonyl (C=S) groups is 1. The lowest BCUT2D eigenvalue weighted by atomic mass is 10.1. The van der Waals surface area contributed by atoms with Gasteiger partial charge in [-0.05, 0) is 47.6 Å². The van der Waals surface area contributed by atoms with Crippen LogP contribution >= 0.6 is 24.0 Å². The first kappa shape index (κ1) is 17.8. The number of allylic oxidation sites excluding steroid dienone is 1. The highest BCUT2D eigenvalue weighted by atomic mass is 32.2. The van der Waals surface area contributed by atoms with Gasteiger partial charge in [-0.25, -0.2) is 0 Å². The molecule has 0 radical (unpaired) electrons. The molecule has 1 amide bonds. The summed E-state index contributed by atoms with van der Waals surface area (Å²) in [6.45, 7) is 0. The second kappa shape index (κ2) is 8.39. The highest BCUT2D eigenvalue weighted by Gasteiger charge is 2.31. The molecule has 0 N–H and O–H groups in total. The van der Waals surface area contributed by atoms with Crippen molar-refractivity contribution in [3.8, 4) is 6.07 Å². The van der Waals surface area contributed by atoms with E-state index in [1.54, 1.807) is 42.6 Å². The molecule has 6 heteroatoms. The van der Waals surface area contributed by atoms with Gasteiger partial charge >= 0.3 is 0 Å². The third-order valence-corrected chi connectivity index (χ3v) is 4.75. The molecule has 3 rings (SSSR count). The molecule has 2 aromatic rings. The summed E-state index contributed by atoms with van der Waals surface area (Å²) < 4.78 is 0.388. The number of hydrogen-bond donors (Lipinski definition) is 0. The quantitative estimate of drug-likeness (QED) is 0.450. The molecule has 0 atom stereocenters. The predicted molar refractivity (Wildman–Crippen MR) is 110 cm³/mol. The van der Waals surface area contributed by atoms with Gasteiger partial charge in [0.1, 0.15) is 0 Å². The molecule has 0 spiro atoms. The summed E-state index contributed by atoms with van der Waals surface area (Å²) in [6.07, 6.45) is 6.95. The topological polar surface area (TPSA) is 56.5 Å². The molecule has 4 nitrogen and oxygen atoms in total. The highest BCUT2D eigenvalue weighted by molar-refractivity contribution is 8.26. The number of hydrogen-bond acceptors (Lipinski definition) is 5. The third-order valence-electron chi connectivity index (χ3n) is 3.47. The van der Waals surface area contributed by atoms with E-state index in [9.17, 15) is 4.79 Å². The zero-order chi connectivity index (χ0) is 18.4. The zero-order valence-corrected chi connectivity index (χ0v) is 15.2. The Morgan fingerprint density at radius 1 is 1.08 bits per heavy atom. The highest BCUT2D eigenvalue weighted by Crippen LogP contribution is 2.32. The Hall–Kier alpha value is -3.01. The molecule has 1 heterocycles. The van der Waals surface area contributed by atoms with Gasteiger partial charge in [-0.3, -0.25) is 4.79 Å². The lowest BCUT2D eigenvalue weighted by molar-refractivity contribution is -0.122. The minimum Gasteiger partial charge on any atom is -0.266 e. The van der Waals surface area contributed by atoms with E-state index in [4.69, 9.17) is 17.5 Å². The molecule has 0 aromatic heterocycles. The summed E-state index contributed by atoms with van der Waals surface area (Å²) in [5.74, 6) is -0.256. The Kier molecular flexibility index (Phi) is 5.74. The molecular weight excluding hydrogens is 362 g/mol. The van der Waals surface area contributed by atoms with Gasteiger partial charge in [0.05, 0.1) is 16.5 Å². The van der Waals surface area contributed by atoms with Crippen molar-refractivity contribution in [2.45, 2.75) is 0 Å². The van der Waals surface area contributed by atoms with E-state index in [2.05, 4.69) is 11.2 Å². The number of carbonyl (C=O) groups is 1. The SMILES string of the molecule is N#Cc1ccc(/C=C2/SC(=S)N(/N=C/C=C\c3ccccc3)C2=O)cc1. The molecule has 126 valence electrons. The molecule has 1 aliphatic heterocycles. The molecule has 26 heavy (non-hydrogen) atoms. The van der Waals surface area contributed by atoms with Crippen LogP contribution in [0.1, 0.15) is 16.7 Å². The lowest BCUT2D eigenvalue weighted by Crippen LogP contribution is -2.21. The minimum atomic E-state index is -0.256. The van der Waals surface area contributed by atoms with Crippen molar-refractivity contribution in [1.29, 1.82) is 5.26 Å². The van der Waals surface area contributed by atoms with Crippen molar-refractivity contribution in [1.82, 2.24) is 5.01 Å². The van der Waals surface area contributed by atoms with Crippen molar-refractivity contribution in [3.63, 3.8) is 0 Å². The summed E-state index contributed by atoms with van der Waals surface area (Å²) in [7, 11) is 0. The van der Waals surface area contributed by atoms with Crippen molar-refractivity contribution < 1.29 is 4.79 Å². The molecule has 1 aliphatic rings. The van der Waals surface area contributed by atoms with Gasteiger partial charge in [-0.1, -0.05) is 60.3 Å². The van der Waals surface area contributed by atoms with Crippen LogP contribution in [0, 0.1) is 11.3 Å². The van der Waals surface area contributed by atoms with Gasteiger partial charge in [0.2, 0.25) is 0 Å². The Labute approximate surface area is 161 Å². The van der Waals surface area contributed by atoms with E-state index in [1.165, 1.54) is 16.8 Å². The molecule has 0 bridgehead atoms. The van der Waals surface area contributed by atoms with Crippen LogP contribution in [0.25, 0.3) is 12.2 Å². The van der Waals surface area contributed by atoms with Crippen LogP contribution in [0.3, 0.4) is 0 Å². The van der Waals surface area contributed by atoms with Gasteiger partial charge in [0, 0.05) is 6.21 Å². The lowest BCUT2D eigenvalue weighted by Gasteiger charge is -2.04. The van der Waals surface area contributed by atoms with Gasteiger partial charge < -0.3 is 0 Å². The Balaban J connectivity index is 1.70. The largest absolute Gasteiger partial charge is 0.286 e. The molecule has 0 aliphatic carbocycles. The maximum Gasteiger partial charge on any atom is 0.286 e. The number of hydrazone groups is 1. The smallest absolute Gasteiger partial charge is 0.266 e. The third kappa shape index (κ3) is 4.33. The van der Waals surface area contributed by atoms with Crippen molar-refractivity contribution in [2.75, 3.05) is 0 Å². The van der Waals surface area contributed by atoms with E-state index in [0.29, 0.717) is 14.8 Å². The van der Waals surface area contributed by atoms with E-state index < -0.39 is 0 Å². The molecule has 2 aromatic carbocycles. The summed E-state index contributed by atoms with van der Waals surface area (Å²) in [5, 5.41) is 14.2. The number of nitrogens with zero attached hydrogens (tertiary/aromatic N) is 3. The summed E-state index contributed by atoms with van der Waals surface area (Å²) >= 11 is 6.45. The first-order valence-electron chi connectivity index (χ1n) is 7.71. The predicted octanol–water partition coefficient (Wildman–Crippen LogP) is 4.46. The van der Waals surface area contributed by atoms with Gasteiger partial charge in [-0.2, -0.15) is 15.4 Å². The first-order chi connectivity index (χ1) is 12.7. The second-order valence-corrected chi connectivity index (χ2v) is 6.94. The Bertz CT molecular complexity index is 955. The van der Waals surface area contributed by atoms with E-state index in [0.717, 1.165) is 11.1 Å². The number of carbonyl (C=O) groups excluding carboxylic acids is 1. The Morgan fingerprint density at radius 2 is 1.81 bits per heavy atom. The van der Waals surface area contributed by atoms with E-state index in [-0.39, 0.29) is 5.91 Å². The van der Waals surface area contributed by atoms with Crippen LogP contribution < -0.4 is 0 Å². The maximum atomic E-state index is 12.5. The fourth-order valence-electron chi connectivity index (χ4n) is 2.19. The van der Waals surface area contributed by atoms with Crippen LogP contribution in [0.5, 0.6) is 0 Å². The molecular formula is C20H13N3OS2. The fourth-order valence-corrected chi connectivity index (χ4v) is 3.36. The van der Waals surface area contributed by atoms with Gasteiger partial charge in [0.25, 0.3) is 5.91 Å². The Morgan fingerprint density at radius 3 is 2.50 bits per heavy atom. The van der Waals surface area contributed by atoms with Gasteiger partial charge in [-0.15, -0.1) is 0 Å². The average Bonchev–Trinajstić information content (AvgIpc) is 2.93. The normalized spacial score (nSPS) is 16.1. The molecule has 0 saturated carbocycles. The van der Waals surface area contributed by atoms with E-state index >= 15 is 0 Å². The van der Waals surface area contributed by atoms with Crippen LogP contribution in [-0.4, -0.2) is 21.5 Å². The molecule has 1 fully saturated rings. The van der Waals surface area contributed by atoms with Crippen molar-refractivity contribution in [3.05, 3.63) is 82.3 Å². The number of benzene rings is 2. The summed E-state index contributed by atoms with van der Waals surface area (Å²) in [6, 6.07) is 18.9. The van der Waals surface area contributed by atoms with E-state index in [1.807, 2.05) is 36.4 Å². The average molecular weight is 375 g/mol. The standard InChI is InChI=1S/C20H13N3OS2/c21-14-17-10-8-16(9-11-17)13-18-19(24)23(20(25)26-18)22-12-4-7-15-5-2-1-3-6-15/h1-13H/b7-4-,18-13+,22-12+. The van der Waals surface area contributed by atoms with Crippen molar-refractivity contribution in [2.24, 2.45) is 5.10 Å². The van der Waals surface area contributed by atoms with Crippen LogP contribution in [0.2, 0.25) is 0 Å². The maximum absolute atomic E-state index is 12.5. The summed E-state index contributed by atoms with van der Waals surface area (Å²) in [5.41, 5.74) is 2.45. The number of amides is 1.